The smallest absolute Gasteiger partial charge is 0.273 e. The Balaban J connectivity index is 1.48. The fraction of sp³-hybridized carbons (Fsp3) is 0.227. The number of methoxy groups -OCH3 is 1. The molecule has 8 heteroatoms. The topological polar surface area (TPSA) is 76.0 Å². The van der Waals surface area contributed by atoms with Crippen LogP contribution < -0.4 is 4.74 Å². The Hall–Kier alpha value is -3.39. The highest BCUT2D eigenvalue weighted by Crippen LogP contribution is 2.44. The van der Waals surface area contributed by atoms with Gasteiger partial charge in [-0.05, 0) is 42.1 Å². The van der Waals surface area contributed by atoms with Crippen molar-refractivity contribution in [2.75, 3.05) is 13.7 Å². The molecule has 3 aromatic heterocycles. The minimum absolute atomic E-state index is 0.00120. The second-order valence-corrected chi connectivity index (χ2v) is 8.14. The van der Waals surface area contributed by atoms with Gasteiger partial charge in [-0.3, -0.25) is 9.89 Å². The summed E-state index contributed by atoms with van der Waals surface area (Å²) >= 11 is 1.66. The van der Waals surface area contributed by atoms with Crippen LogP contribution in [0.5, 0.6) is 5.75 Å². The van der Waals surface area contributed by atoms with Crippen LogP contribution in [0.2, 0.25) is 0 Å². The maximum atomic E-state index is 13.3. The monoisotopic (exact) mass is 419 g/mol. The Morgan fingerprint density at radius 3 is 2.77 bits per heavy atom. The van der Waals surface area contributed by atoms with Crippen LogP contribution in [0.3, 0.4) is 0 Å². The number of imidazole rings is 1. The minimum Gasteiger partial charge on any atom is -0.497 e. The molecule has 0 saturated heterocycles. The number of amides is 1. The number of benzene rings is 1. The molecule has 152 valence electrons. The number of hydrogen-bond donors (Lipinski definition) is 1. The van der Waals surface area contributed by atoms with Gasteiger partial charge in [-0.25, -0.2) is 4.98 Å². The highest BCUT2D eigenvalue weighted by atomic mass is 32.1. The van der Waals surface area contributed by atoms with Crippen molar-refractivity contribution in [2.45, 2.75) is 19.0 Å². The number of hydrogen-bond acceptors (Lipinski definition) is 5. The number of carbonyl (C=O) groups excluding carboxylic acids is 1. The first kappa shape index (κ1) is 18.6. The number of aryl methyl sites for hydroxylation is 1. The van der Waals surface area contributed by atoms with Gasteiger partial charge in [-0.15, -0.1) is 11.3 Å². The number of aromatic amines is 1. The summed E-state index contributed by atoms with van der Waals surface area (Å²) in [7, 11) is 1.65. The molecule has 0 fully saturated rings. The van der Waals surface area contributed by atoms with Crippen molar-refractivity contribution in [3.05, 3.63) is 76.6 Å². The van der Waals surface area contributed by atoms with Gasteiger partial charge in [0.15, 0.2) is 0 Å². The normalized spacial score (nSPS) is 15.6. The van der Waals surface area contributed by atoms with Gasteiger partial charge in [-0.1, -0.05) is 6.07 Å². The van der Waals surface area contributed by atoms with E-state index in [-0.39, 0.29) is 11.9 Å². The van der Waals surface area contributed by atoms with E-state index in [4.69, 9.17) is 4.74 Å². The predicted octanol–water partition coefficient (Wildman–Crippen LogP) is 3.98. The van der Waals surface area contributed by atoms with Crippen molar-refractivity contribution >= 4 is 17.2 Å². The van der Waals surface area contributed by atoms with Gasteiger partial charge in [0.05, 0.1) is 25.2 Å². The average Bonchev–Trinajstić information content (AvgIpc) is 3.56. The molecular formula is C22H21N5O2S. The molecule has 30 heavy (non-hydrogen) atoms. The summed E-state index contributed by atoms with van der Waals surface area (Å²) in [6.45, 7) is 1.47. The molecule has 0 radical (unpaired) electrons. The SMILES string of the molecule is COc1ccc(-c2n[nH]c3c2C(c2cccs2)N(CCCn2ccnc2)C3=O)cc1. The van der Waals surface area contributed by atoms with Crippen LogP contribution in [0.15, 0.2) is 60.5 Å². The average molecular weight is 420 g/mol. The van der Waals surface area contributed by atoms with E-state index in [0.717, 1.165) is 40.4 Å². The molecule has 0 bridgehead atoms. The van der Waals surface area contributed by atoms with Crippen LogP contribution in [-0.2, 0) is 6.54 Å². The van der Waals surface area contributed by atoms with Gasteiger partial charge in [0.1, 0.15) is 11.4 Å². The molecule has 1 N–H and O–H groups in total. The number of nitrogens with zero attached hydrogens (tertiary/aromatic N) is 4. The number of ether oxygens (including phenoxy) is 1. The number of rotatable bonds is 7. The number of carbonyl (C=O) groups is 1. The molecule has 1 aromatic carbocycles. The zero-order valence-corrected chi connectivity index (χ0v) is 17.3. The molecule has 1 unspecified atom stereocenters. The van der Waals surface area contributed by atoms with Gasteiger partial charge >= 0.3 is 0 Å². The summed E-state index contributed by atoms with van der Waals surface area (Å²) in [4.78, 5) is 20.4. The molecular weight excluding hydrogens is 398 g/mol. The lowest BCUT2D eigenvalue weighted by Crippen LogP contribution is -2.30. The summed E-state index contributed by atoms with van der Waals surface area (Å²) in [6.07, 6.45) is 6.36. The standard InChI is InChI=1S/C22H21N5O2S/c1-29-16-7-5-15(6-8-16)19-18-20(25-24-19)22(28)27(21(18)17-4-2-13-30-17)11-3-10-26-12-9-23-14-26/h2,4-9,12-14,21H,3,10-11H2,1H3,(H,24,25). The molecule has 0 aliphatic carbocycles. The lowest BCUT2D eigenvalue weighted by molar-refractivity contribution is 0.0741. The third-order valence-corrected chi connectivity index (χ3v) is 6.34. The van der Waals surface area contributed by atoms with Gasteiger partial charge in [0, 0.05) is 41.5 Å². The minimum atomic E-state index is -0.133. The third kappa shape index (κ3) is 3.19. The molecule has 5 rings (SSSR count). The van der Waals surface area contributed by atoms with Crippen LogP contribution in [0.4, 0.5) is 0 Å². The summed E-state index contributed by atoms with van der Waals surface area (Å²) in [5.74, 6) is 0.791. The van der Waals surface area contributed by atoms with Gasteiger partial charge in [-0.2, -0.15) is 5.10 Å². The first-order valence-corrected chi connectivity index (χ1v) is 10.7. The Bertz CT molecular complexity index is 1130. The number of fused-ring (bicyclic) bond motifs is 1. The van der Waals surface area contributed by atoms with E-state index in [0.29, 0.717) is 12.2 Å². The van der Waals surface area contributed by atoms with E-state index >= 15 is 0 Å². The lowest BCUT2D eigenvalue weighted by atomic mass is 10.0. The van der Waals surface area contributed by atoms with E-state index in [1.165, 1.54) is 0 Å². The van der Waals surface area contributed by atoms with Crippen LogP contribution in [0, 0.1) is 0 Å². The zero-order chi connectivity index (χ0) is 20.5. The first-order valence-electron chi connectivity index (χ1n) is 9.79. The van der Waals surface area contributed by atoms with Crippen LogP contribution in [0.25, 0.3) is 11.3 Å². The largest absolute Gasteiger partial charge is 0.497 e. The van der Waals surface area contributed by atoms with Crippen molar-refractivity contribution in [1.29, 1.82) is 0 Å². The molecule has 0 saturated carbocycles. The molecule has 1 aliphatic rings. The Labute approximate surface area is 177 Å². The number of aromatic nitrogens is 4. The maximum absolute atomic E-state index is 13.3. The van der Waals surface area contributed by atoms with Gasteiger partial charge in [0.2, 0.25) is 0 Å². The summed E-state index contributed by atoms with van der Waals surface area (Å²) in [5, 5.41) is 9.56. The predicted molar refractivity (Wildman–Crippen MR) is 115 cm³/mol. The van der Waals surface area contributed by atoms with E-state index in [1.54, 1.807) is 31.0 Å². The number of nitrogens with one attached hydrogen (secondary N) is 1. The molecule has 1 amide bonds. The number of H-pyrrole nitrogens is 1. The second-order valence-electron chi connectivity index (χ2n) is 7.16. The van der Waals surface area contributed by atoms with E-state index < -0.39 is 0 Å². The van der Waals surface area contributed by atoms with Crippen LogP contribution in [0.1, 0.15) is 33.4 Å². The third-order valence-electron chi connectivity index (χ3n) is 5.41. The van der Waals surface area contributed by atoms with Gasteiger partial charge in [0.25, 0.3) is 5.91 Å². The maximum Gasteiger partial charge on any atom is 0.273 e. The fourth-order valence-electron chi connectivity index (χ4n) is 3.98. The first-order chi connectivity index (χ1) is 14.8. The Kier molecular flexibility index (Phi) is 4.84. The highest BCUT2D eigenvalue weighted by Gasteiger charge is 2.42. The Morgan fingerprint density at radius 1 is 1.20 bits per heavy atom. The van der Waals surface area contributed by atoms with Crippen molar-refractivity contribution in [1.82, 2.24) is 24.6 Å². The Morgan fingerprint density at radius 2 is 2.07 bits per heavy atom. The number of thiophene rings is 1. The molecule has 4 aromatic rings. The quantitative estimate of drug-likeness (QED) is 0.492. The van der Waals surface area contributed by atoms with E-state index in [9.17, 15) is 4.79 Å². The van der Waals surface area contributed by atoms with Gasteiger partial charge < -0.3 is 14.2 Å². The van der Waals surface area contributed by atoms with Crippen molar-refractivity contribution in [3.8, 4) is 17.0 Å². The molecule has 1 aliphatic heterocycles. The van der Waals surface area contributed by atoms with Crippen LogP contribution in [-0.4, -0.2) is 44.2 Å². The fourth-order valence-corrected chi connectivity index (χ4v) is 4.83. The second kappa shape index (κ2) is 7.79. The molecule has 0 spiro atoms. The zero-order valence-electron chi connectivity index (χ0n) is 16.5. The molecule has 7 nitrogen and oxygen atoms in total. The molecule has 4 heterocycles. The van der Waals surface area contributed by atoms with Crippen molar-refractivity contribution in [2.24, 2.45) is 0 Å². The van der Waals surface area contributed by atoms with E-state index in [1.807, 2.05) is 46.0 Å². The van der Waals surface area contributed by atoms with Crippen molar-refractivity contribution < 1.29 is 9.53 Å². The van der Waals surface area contributed by atoms with E-state index in [2.05, 4.69) is 26.6 Å². The lowest BCUT2D eigenvalue weighted by Gasteiger charge is -2.25. The molecule has 1 atom stereocenters. The summed E-state index contributed by atoms with van der Waals surface area (Å²) < 4.78 is 7.30. The van der Waals surface area contributed by atoms with Crippen molar-refractivity contribution in [3.63, 3.8) is 0 Å². The van der Waals surface area contributed by atoms with Crippen LogP contribution >= 0.6 is 11.3 Å². The summed E-state index contributed by atoms with van der Waals surface area (Å²) in [6, 6.07) is 11.8. The summed E-state index contributed by atoms with van der Waals surface area (Å²) in [5.41, 5.74) is 3.32. The highest BCUT2D eigenvalue weighted by molar-refractivity contribution is 7.10.